The molecule has 0 heterocycles. The number of phenols is 2. The van der Waals surface area contributed by atoms with Gasteiger partial charge in [-0.2, -0.15) is 0 Å². The van der Waals surface area contributed by atoms with E-state index in [9.17, 15) is 10.2 Å². The minimum absolute atomic E-state index is 0. The zero-order valence-electron chi connectivity index (χ0n) is 31.1. The van der Waals surface area contributed by atoms with Crippen LogP contribution >= 0.6 is 15.9 Å². The summed E-state index contributed by atoms with van der Waals surface area (Å²) in [6.45, 7) is 20.3. The minimum atomic E-state index is -0.181. The van der Waals surface area contributed by atoms with Crippen LogP contribution in [0.4, 0.5) is 0 Å². The number of allylic oxidation sites excluding steroid dienone is 1. The molecule has 0 aliphatic rings. The summed E-state index contributed by atoms with van der Waals surface area (Å²) in [7, 11) is 0. The van der Waals surface area contributed by atoms with Gasteiger partial charge in [-0.1, -0.05) is 124 Å². The van der Waals surface area contributed by atoms with Crippen molar-refractivity contribution in [3.8, 4) is 23.0 Å². The number of benzene rings is 4. The van der Waals surface area contributed by atoms with Gasteiger partial charge in [0.05, 0.1) is 0 Å². The number of ether oxygens (including phenoxy) is 2. The van der Waals surface area contributed by atoms with Gasteiger partial charge in [0, 0.05) is 16.2 Å². The van der Waals surface area contributed by atoms with Gasteiger partial charge in [0.1, 0.15) is 36.2 Å². The second-order valence-electron chi connectivity index (χ2n) is 11.2. The molecule has 4 rings (SSSR count). The van der Waals surface area contributed by atoms with Gasteiger partial charge in [-0.15, -0.1) is 6.58 Å². The van der Waals surface area contributed by atoms with E-state index in [1.165, 1.54) is 11.1 Å². The van der Waals surface area contributed by atoms with Crippen LogP contribution in [0.5, 0.6) is 23.0 Å². The van der Waals surface area contributed by atoms with E-state index in [0.29, 0.717) is 13.2 Å². The second kappa shape index (κ2) is 28.0. The summed E-state index contributed by atoms with van der Waals surface area (Å²) >= 11 is 3.13. The van der Waals surface area contributed by atoms with Crippen molar-refractivity contribution in [3.05, 3.63) is 157 Å². The first-order valence-corrected chi connectivity index (χ1v) is 16.2. The SMILES string of the molecule is C=CCBr.C=CCOc1ccc(C(C)(C)c2ccc(OCC=C)cc2)cc1.CC(C)(c1ccc(O)cc1)c1ccc(O)cc1.O=CO[O-].[H-].[K+].[K+]. The van der Waals surface area contributed by atoms with Crippen LogP contribution in [0.15, 0.2) is 135 Å². The van der Waals surface area contributed by atoms with Crippen molar-refractivity contribution in [2.45, 2.75) is 38.5 Å². The van der Waals surface area contributed by atoms with Crippen LogP contribution in [0, 0.1) is 0 Å². The smallest absolute Gasteiger partial charge is 1.00 e. The molecule has 7 nitrogen and oxygen atoms in total. The number of carbonyl (C=O) groups is 1. The predicted octanol–water partition coefficient (Wildman–Crippen LogP) is 2.69. The summed E-state index contributed by atoms with van der Waals surface area (Å²) in [6, 6.07) is 30.9. The first-order chi connectivity index (χ1) is 22.9. The molecule has 2 N–H and O–H groups in total. The normalized spacial score (nSPS) is 9.80. The predicted molar refractivity (Wildman–Crippen MR) is 197 cm³/mol. The number of rotatable bonds is 12. The van der Waals surface area contributed by atoms with E-state index in [4.69, 9.17) is 19.5 Å². The van der Waals surface area contributed by atoms with Gasteiger partial charge in [-0.05, 0) is 70.8 Å². The first kappa shape index (κ1) is 50.6. The van der Waals surface area contributed by atoms with E-state index in [2.05, 4.69) is 92.5 Å². The quantitative estimate of drug-likeness (QED) is 0.0568. The van der Waals surface area contributed by atoms with Crippen molar-refractivity contribution < 1.29 is 139 Å². The van der Waals surface area contributed by atoms with Crippen molar-refractivity contribution >= 4 is 22.4 Å². The van der Waals surface area contributed by atoms with Gasteiger partial charge in [0.2, 0.25) is 0 Å². The molecular formula is C40H47BrK2O7. The molecule has 0 atom stereocenters. The average Bonchev–Trinajstić information content (AvgIpc) is 3.11. The van der Waals surface area contributed by atoms with Crippen molar-refractivity contribution in [2.75, 3.05) is 18.5 Å². The maximum Gasteiger partial charge on any atom is 1.00 e. The third-order valence-electron chi connectivity index (χ3n) is 7.21. The Morgan fingerprint density at radius 3 is 1.06 bits per heavy atom. The fourth-order valence-electron chi connectivity index (χ4n) is 4.34. The van der Waals surface area contributed by atoms with Gasteiger partial charge in [-0.25, -0.2) is 0 Å². The molecule has 0 fully saturated rings. The Morgan fingerprint density at radius 1 is 0.620 bits per heavy atom. The molecule has 10 heteroatoms. The number of hydrogen-bond acceptors (Lipinski definition) is 7. The van der Waals surface area contributed by atoms with E-state index < -0.39 is 0 Å². The molecule has 0 saturated carbocycles. The van der Waals surface area contributed by atoms with E-state index in [1.54, 1.807) is 42.5 Å². The Morgan fingerprint density at radius 2 is 0.860 bits per heavy atom. The van der Waals surface area contributed by atoms with E-state index >= 15 is 0 Å². The largest absolute Gasteiger partial charge is 1.00 e. The number of aromatic hydroxyl groups is 2. The van der Waals surface area contributed by atoms with Crippen LogP contribution in [0.1, 0.15) is 51.4 Å². The molecule has 0 amide bonds. The molecular weight excluding hydrogens is 751 g/mol. The summed E-state index contributed by atoms with van der Waals surface area (Å²) in [6.07, 6.45) is 5.28. The summed E-state index contributed by atoms with van der Waals surface area (Å²) in [4.78, 5) is 11.2. The summed E-state index contributed by atoms with van der Waals surface area (Å²) < 4.78 is 11.1. The van der Waals surface area contributed by atoms with Crippen LogP contribution in [0.3, 0.4) is 0 Å². The van der Waals surface area contributed by atoms with Crippen molar-refractivity contribution in [2.24, 2.45) is 0 Å². The van der Waals surface area contributed by atoms with E-state index in [0.717, 1.165) is 28.0 Å². The van der Waals surface area contributed by atoms with Gasteiger partial charge in [0.25, 0.3) is 6.47 Å². The molecule has 0 aromatic heterocycles. The van der Waals surface area contributed by atoms with Crippen LogP contribution in [0.25, 0.3) is 0 Å². The second-order valence-corrected chi connectivity index (χ2v) is 11.9. The third kappa shape index (κ3) is 18.3. The maximum atomic E-state index is 9.30. The number of alkyl halides is 1. The Hall–Kier alpha value is -1.52. The molecule has 0 unspecified atom stereocenters. The number of halogens is 1. The molecule has 0 bridgehead atoms. The van der Waals surface area contributed by atoms with Crippen molar-refractivity contribution in [1.29, 1.82) is 0 Å². The van der Waals surface area contributed by atoms with Crippen molar-refractivity contribution in [1.82, 2.24) is 0 Å². The van der Waals surface area contributed by atoms with Crippen LogP contribution in [-0.2, 0) is 20.5 Å². The molecule has 0 radical (unpaired) electrons. The van der Waals surface area contributed by atoms with E-state index in [-0.39, 0.29) is 133 Å². The molecule has 50 heavy (non-hydrogen) atoms. The molecule has 258 valence electrons. The topological polar surface area (TPSA) is 108 Å². The zero-order valence-corrected chi connectivity index (χ0v) is 37.9. The average molecular weight is 798 g/mol. The first-order valence-electron chi connectivity index (χ1n) is 15.1. The Labute approximate surface area is 392 Å². The molecule has 4 aromatic rings. The van der Waals surface area contributed by atoms with Crippen LogP contribution < -0.4 is 118 Å². The van der Waals surface area contributed by atoms with E-state index in [1.807, 2.05) is 48.5 Å². The Balaban J connectivity index is -0.000000727. The Kier molecular flexibility index (Phi) is 28.4. The zero-order chi connectivity index (χ0) is 36.0. The standard InChI is InChI=1S/C21H24O2.C15H16O2.C3H5Br.CH2O3.2K.H/c1-5-15-22-19-11-7-17(8-12-19)21(3,4)18-9-13-20(14-10-18)23-16-6-2;1-15(2,11-3-7-13(16)8-4-11)12-5-9-14(17)10-6-12;1-2-3-4;2-1-4-3;;;/h5-14H,1-2,15-16H2,3-4H3;3-10,16-17H,1-2H3;2H,1,3H2;1,3H;;;/q;;;;2*+1;-1/p-1. The molecule has 0 aliphatic heterocycles. The number of hydrogen-bond donors (Lipinski definition) is 2. The molecule has 0 saturated heterocycles. The van der Waals surface area contributed by atoms with Gasteiger partial charge >= 0.3 is 103 Å². The Bertz CT molecular complexity index is 1400. The molecule has 0 aliphatic carbocycles. The maximum absolute atomic E-state index is 9.30. The van der Waals surface area contributed by atoms with Crippen LogP contribution in [-0.4, -0.2) is 35.2 Å². The summed E-state index contributed by atoms with van der Waals surface area (Å²) in [5, 5.41) is 27.9. The fourth-order valence-corrected chi connectivity index (χ4v) is 4.34. The monoisotopic (exact) mass is 796 g/mol. The van der Waals surface area contributed by atoms with Crippen molar-refractivity contribution in [3.63, 3.8) is 0 Å². The van der Waals surface area contributed by atoms with Crippen LogP contribution in [0.2, 0.25) is 0 Å². The third-order valence-corrected chi connectivity index (χ3v) is 7.67. The number of carbonyl (C=O) groups excluding carboxylic acids is 1. The summed E-state index contributed by atoms with van der Waals surface area (Å²) in [5.41, 5.74) is 4.49. The molecule has 0 spiro atoms. The fraction of sp³-hybridized carbons (Fsp3) is 0.225. The minimum Gasteiger partial charge on any atom is -1.00 e. The summed E-state index contributed by atoms with van der Waals surface area (Å²) in [5.74, 6) is 2.26. The number of phenolic OH excluding ortho intramolecular Hbond substituents is 2. The molecule has 4 aromatic carbocycles. The van der Waals surface area contributed by atoms with Gasteiger partial charge < -0.3 is 31.3 Å². The van der Waals surface area contributed by atoms with Gasteiger partial charge in [0.15, 0.2) is 0 Å². The van der Waals surface area contributed by atoms with Gasteiger partial charge in [-0.3, -0.25) is 4.79 Å².